The quantitative estimate of drug-likeness (QED) is 0.812. The molecule has 3 heteroatoms. The Bertz CT molecular complexity index is 616. The summed E-state index contributed by atoms with van der Waals surface area (Å²) in [7, 11) is 0. The lowest BCUT2D eigenvalue weighted by atomic mass is 10.0. The Morgan fingerprint density at radius 1 is 1.14 bits per heavy atom. The average Bonchev–Trinajstić information content (AvgIpc) is 2.90. The number of halogens is 1. The summed E-state index contributed by atoms with van der Waals surface area (Å²) in [5.74, 6) is 0.690. The van der Waals surface area contributed by atoms with Crippen LogP contribution in [0.5, 0.6) is 0 Å². The molecule has 1 aromatic heterocycles. The molecule has 2 aromatic rings. The van der Waals surface area contributed by atoms with Crippen LogP contribution >= 0.6 is 12.4 Å². The molecular formula is C18H25ClN2. The van der Waals surface area contributed by atoms with Gasteiger partial charge in [-0.15, -0.1) is 12.4 Å². The average molecular weight is 305 g/mol. The Morgan fingerprint density at radius 3 is 2.52 bits per heavy atom. The standard InChI is InChI=1S/C18H24N2.ClH/c1-13(2)10-15-6-7-16-17(12-15)19-14(3)11-18(16)20-8-4-5-9-20;/h6-7,11-13H,4-5,8-10H2,1-3H3;1H. The predicted molar refractivity (Wildman–Crippen MR) is 93.7 cm³/mol. The SMILES string of the molecule is Cc1cc(N2CCCC2)c2ccc(CC(C)C)cc2n1.Cl. The van der Waals surface area contributed by atoms with E-state index in [9.17, 15) is 0 Å². The van der Waals surface area contributed by atoms with Gasteiger partial charge in [-0.1, -0.05) is 26.0 Å². The highest BCUT2D eigenvalue weighted by atomic mass is 35.5. The number of nitrogens with zero attached hydrogens (tertiary/aromatic N) is 2. The highest BCUT2D eigenvalue weighted by Crippen LogP contribution is 2.30. The molecule has 2 nitrogen and oxygen atoms in total. The molecule has 0 atom stereocenters. The fourth-order valence-corrected chi connectivity index (χ4v) is 3.20. The number of anilines is 1. The summed E-state index contributed by atoms with van der Waals surface area (Å²) in [5.41, 5.74) is 5.06. The van der Waals surface area contributed by atoms with E-state index < -0.39 is 0 Å². The molecule has 1 aromatic carbocycles. The van der Waals surface area contributed by atoms with E-state index in [0.29, 0.717) is 5.92 Å². The van der Waals surface area contributed by atoms with E-state index in [0.717, 1.165) is 17.6 Å². The molecule has 0 bridgehead atoms. The monoisotopic (exact) mass is 304 g/mol. The van der Waals surface area contributed by atoms with Crippen molar-refractivity contribution < 1.29 is 0 Å². The van der Waals surface area contributed by atoms with Crippen LogP contribution in [-0.4, -0.2) is 18.1 Å². The van der Waals surface area contributed by atoms with Gasteiger partial charge in [-0.3, -0.25) is 4.98 Å². The topological polar surface area (TPSA) is 16.1 Å². The van der Waals surface area contributed by atoms with Crippen LogP contribution in [0.15, 0.2) is 24.3 Å². The van der Waals surface area contributed by atoms with Gasteiger partial charge in [0.15, 0.2) is 0 Å². The maximum atomic E-state index is 4.75. The largest absolute Gasteiger partial charge is 0.371 e. The number of rotatable bonds is 3. The van der Waals surface area contributed by atoms with Crippen molar-refractivity contribution in [1.29, 1.82) is 0 Å². The summed E-state index contributed by atoms with van der Waals surface area (Å²) < 4.78 is 0. The van der Waals surface area contributed by atoms with E-state index in [4.69, 9.17) is 4.98 Å². The van der Waals surface area contributed by atoms with Crippen LogP contribution in [0.1, 0.15) is 37.9 Å². The van der Waals surface area contributed by atoms with Gasteiger partial charge >= 0.3 is 0 Å². The second-order valence-electron chi connectivity index (χ2n) is 6.43. The van der Waals surface area contributed by atoms with E-state index in [1.807, 2.05) is 0 Å². The number of aryl methyl sites for hydroxylation is 1. The molecule has 0 saturated carbocycles. The summed E-state index contributed by atoms with van der Waals surface area (Å²) in [4.78, 5) is 7.26. The van der Waals surface area contributed by atoms with E-state index >= 15 is 0 Å². The molecule has 1 fully saturated rings. The Kier molecular flexibility index (Phi) is 5.10. The molecule has 3 rings (SSSR count). The van der Waals surface area contributed by atoms with Crippen LogP contribution < -0.4 is 4.90 Å². The molecule has 1 aliphatic rings. The summed E-state index contributed by atoms with van der Waals surface area (Å²) in [6.45, 7) is 9.01. The number of benzene rings is 1. The summed E-state index contributed by atoms with van der Waals surface area (Å²) in [5, 5.41) is 1.31. The van der Waals surface area contributed by atoms with Gasteiger partial charge in [0.2, 0.25) is 0 Å². The lowest BCUT2D eigenvalue weighted by Gasteiger charge is -2.20. The van der Waals surface area contributed by atoms with Crippen molar-refractivity contribution in [1.82, 2.24) is 4.98 Å². The summed E-state index contributed by atoms with van der Waals surface area (Å²) >= 11 is 0. The van der Waals surface area contributed by atoms with E-state index in [-0.39, 0.29) is 12.4 Å². The molecule has 0 radical (unpaired) electrons. The second-order valence-corrected chi connectivity index (χ2v) is 6.43. The number of hydrogen-bond acceptors (Lipinski definition) is 2. The van der Waals surface area contributed by atoms with Gasteiger partial charge in [0, 0.05) is 29.9 Å². The van der Waals surface area contributed by atoms with Gasteiger partial charge in [0.05, 0.1) is 5.52 Å². The zero-order chi connectivity index (χ0) is 14.1. The summed E-state index contributed by atoms with van der Waals surface area (Å²) in [6, 6.07) is 9.07. The van der Waals surface area contributed by atoms with Crippen LogP contribution in [0.3, 0.4) is 0 Å². The van der Waals surface area contributed by atoms with Crippen LogP contribution in [0, 0.1) is 12.8 Å². The van der Waals surface area contributed by atoms with Crippen molar-refractivity contribution in [3.8, 4) is 0 Å². The molecule has 0 unspecified atom stereocenters. The molecule has 21 heavy (non-hydrogen) atoms. The van der Waals surface area contributed by atoms with Crippen molar-refractivity contribution in [3.05, 3.63) is 35.5 Å². The third-order valence-electron chi connectivity index (χ3n) is 4.07. The van der Waals surface area contributed by atoms with Crippen molar-refractivity contribution in [2.75, 3.05) is 18.0 Å². The minimum absolute atomic E-state index is 0. The van der Waals surface area contributed by atoms with Crippen molar-refractivity contribution in [2.45, 2.75) is 40.0 Å². The van der Waals surface area contributed by atoms with Crippen molar-refractivity contribution in [2.24, 2.45) is 5.92 Å². The minimum atomic E-state index is 0. The number of hydrogen-bond donors (Lipinski definition) is 0. The molecule has 2 heterocycles. The predicted octanol–water partition coefficient (Wildman–Crippen LogP) is 4.76. The van der Waals surface area contributed by atoms with Gasteiger partial charge in [-0.05, 0) is 49.8 Å². The Balaban J connectivity index is 0.00000161. The van der Waals surface area contributed by atoms with Crippen molar-refractivity contribution >= 4 is 29.0 Å². The zero-order valence-corrected chi connectivity index (χ0v) is 14.0. The molecule has 0 N–H and O–H groups in total. The van der Waals surface area contributed by atoms with Gasteiger partial charge in [-0.25, -0.2) is 0 Å². The third-order valence-corrected chi connectivity index (χ3v) is 4.07. The number of pyridine rings is 1. The second kappa shape index (κ2) is 6.65. The fourth-order valence-electron chi connectivity index (χ4n) is 3.20. The van der Waals surface area contributed by atoms with E-state index in [2.05, 4.69) is 49.9 Å². The fraction of sp³-hybridized carbons (Fsp3) is 0.500. The Hall–Kier alpha value is -1.28. The normalized spacial score (nSPS) is 14.8. The lowest BCUT2D eigenvalue weighted by molar-refractivity contribution is 0.647. The highest BCUT2D eigenvalue weighted by molar-refractivity contribution is 5.92. The lowest BCUT2D eigenvalue weighted by Crippen LogP contribution is -2.18. The first-order valence-corrected chi connectivity index (χ1v) is 7.79. The zero-order valence-electron chi connectivity index (χ0n) is 13.2. The Labute approximate surface area is 134 Å². The molecule has 114 valence electrons. The molecular weight excluding hydrogens is 280 g/mol. The highest BCUT2D eigenvalue weighted by Gasteiger charge is 2.16. The van der Waals surface area contributed by atoms with Gasteiger partial charge < -0.3 is 4.90 Å². The van der Waals surface area contributed by atoms with E-state index in [1.54, 1.807) is 0 Å². The van der Waals surface area contributed by atoms with Crippen LogP contribution in [0.2, 0.25) is 0 Å². The molecule has 1 saturated heterocycles. The molecule has 1 aliphatic heterocycles. The smallest absolute Gasteiger partial charge is 0.0728 e. The van der Waals surface area contributed by atoms with Crippen LogP contribution in [-0.2, 0) is 6.42 Å². The first-order chi connectivity index (χ1) is 9.63. The number of aromatic nitrogens is 1. The molecule has 0 amide bonds. The maximum absolute atomic E-state index is 4.75. The maximum Gasteiger partial charge on any atom is 0.0728 e. The van der Waals surface area contributed by atoms with Crippen molar-refractivity contribution in [3.63, 3.8) is 0 Å². The van der Waals surface area contributed by atoms with Crippen LogP contribution in [0.4, 0.5) is 5.69 Å². The molecule has 0 aliphatic carbocycles. The van der Waals surface area contributed by atoms with Gasteiger partial charge in [0.25, 0.3) is 0 Å². The Morgan fingerprint density at radius 2 is 1.86 bits per heavy atom. The first kappa shape index (κ1) is 16.1. The molecule has 0 spiro atoms. The summed E-state index contributed by atoms with van der Waals surface area (Å²) in [6.07, 6.45) is 3.76. The minimum Gasteiger partial charge on any atom is -0.371 e. The van der Waals surface area contributed by atoms with Gasteiger partial charge in [0.1, 0.15) is 0 Å². The third kappa shape index (κ3) is 3.49. The number of fused-ring (bicyclic) bond motifs is 1. The van der Waals surface area contributed by atoms with E-state index in [1.165, 1.54) is 42.6 Å². The van der Waals surface area contributed by atoms with Crippen LogP contribution in [0.25, 0.3) is 10.9 Å². The first-order valence-electron chi connectivity index (χ1n) is 7.79. The van der Waals surface area contributed by atoms with Gasteiger partial charge in [-0.2, -0.15) is 0 Å².